The number of hydrogen-bond donors (Lipinski definition) is 6. The number of amides is 3. The number of Topliss-reactive ketones (excluding diaryl/α,β-unsaturated/α-hetero) is 2. The van der Waals surface area contributed by atoms with Crippen LogP contribution < -0.4 is 16.0 Å². The fraction of sp³-hybridized carbons (Fsp3) is 0.543. The van der Waals surface area contributed by atoms with E-state index in [4.69, 9.17) is 19.9 Å². The number of carbonyl (C=O) groups excluding carboxylic acids is 6. The molecule has 7 N–H and O–H groups in total. The standard InChI is InChI=1S/C35H44N4O13/c1-6-8-9-39(33(47)50-14-22-15(3)51-34(48)52-22)13-23(40)37-20-12-21(38(4)5)18-10-16-11-19-17(7-2)27(41)26(32(36)46)31(45)35(19,49)30(44)24(16)29(43)25(18)28(20)42/h12,15-17,19,22,42-43,45,49H,6-11,13-14H2,1-5H3,(H2,36,46)(H,37,40)/t15?,16?,17?,19?,22?,35-/m0/s1. The molecule has 0 spiro atoms. The van der Waals surface area contributed by atoms with E-state index in [0.717, 1.165) is 4.90 Å². The lowest BCUT2D eigenvalue weighted by molar-refractivity contribution is -0.153. The smallest absolute Gasteiger partial charge is 0.508 e. The number of rotatable bonds is 11. The number of phenols is 1. The molecule has 4 aliphatic rings. The molecule has 1 saturated carbocycles. The number of phenolic OH excluding ortho intramolecular Hbond substituents is 1. The number of carbonyl (C=O) groups is 6. The van der Waals surface area contributed by atoms with Gasteiger partial charge >= 0.3 is 12.2 Å². The molecule has 3 amide bonds. The summed E-state index contributed by atoms with van der Waals surface area (Å²) in [6.45, 7) is 4.44. The molecular formula is C35H44N4O13. The lowest BCUT2D eigenvalue weighted by Crippen LogP contribution is -2.61. The number of primary amides is 1. The summed E-state index contributed by atoms with van der Waals surface area (Å²) in [6.07, 6.45) is -1.83. The van der Waals surface area contributed by atoms with Crippen molar-refractivity contribution in [3.05, 3.63) is 34.1 Å². The summed E-state index contributed by atoms with van der Waals surface area (Å²) in [7, 11) is 3.38. The van der Waals surface area contributed by atoms with E-state index in [9.17, 15) is 49.2 Å². The topological polar surface area (TPSA) is 256 Å². The van der Waals surface area contributed by atoms with Gasteiger partial charge in [0.1, 0.15) is 42.1 Å². The summed E-state index contributed by atoms with van der Waals surface area (Å²) in [5, 5.41) is 48.6. The Morgan fingerprint density at radius 1 is 1.12 bits per heavy atom. The molecule has 2 fully saturated rings. The molecule has 17 nitrogen and oxygen atoms in total. The van der Waals surface area contributed by atoms with Gasteiger partial charge in [-0.05, 0) is 50.2 Å². The van der Waals surface area contributed by atoms with Gasteiger partial charge in [0.2, 0.25) is 11.7 Å². The van der Waals surface area contributed by atoms with Crippen molar-refractivity contribution in [3.63, 3.8) is 0 Å². The highest BCUT2D eigenvalue weighted by atomic mass is 16.8. The van der Waals surface area contributed by atoms with E-state index in [2.05, 4.69) is 5.32 Å². The Morgan fingerprint density at radius 2 is 1.81 bits per heavy atom. The Labute approximate surface area is 299 Å². The molecule has 1 aliphatic heterocycles. The van der Waals surface area contributed by atoms with Crippen molar-refractivity contribution in [2.24, 2.45) is 23.5 Å². The van der Waals surface area contributed by atoms with Gasteiger partial charge in [-0.15, -0.1) is 0 Å². The van der Waals surface area contributed by atoms with Crippen LogP contribution >= 0.6 is 0 Å². The van der Waals surface area contributed by atoms with Crippen LogP contribution in [0.3, 0.4) is 0 Å². The van der Waals surface area contributed by atoms with Crippen molar-refractivity contribution < 1.29 is 63.4 Å². The normalized spacial score (nSPS) is 26.5. The summed E-state index contributed by atoms with van der Waals surface area (Å²) in [5.41, 5.74) is 1.92. The van der Waals surface area contributed by atoms with Crippen LogP contribution in [0.5, 0.6) is 5.75 Å². The van der Waals surface area contributed by atoms with Crippen molar-refractivity contribution in [1.82, 2.24) is 4.90 Å². The van der Waals surface area contributed by atoms with Gasteiger partial charge in [-0.25, -0.2) is 9.59 Å². The van der Waals surface area contributed by atoms with Crippen LogP contribution in [0, 0.1) is 17.8 Å². The number of fused-ring (bicyclic) bond motifs is 3. The van der Waals surface area contributed by atoms with Crippen LogP contribution in [0.4, 0.5) is 21.0 Å². The Hall–Kier alpha value is -5.32. The van der Waals surface area contributed by atoms with Crippen LogP contribution in [-0.2, 0) is 39.8 Å². The maximum absolute atomic E-state index is 14.2. The number of nitrogens with one attached hydrogen (secondary N) is 1. The number of unbranched alkanes of at least 4 members (excludes halogenated alkanes) is 1. The second-order valence-electron chi connectivity index (χ2n) is 13.7. The maximum atomic E-state index is 14.2. The van der Waals surface area contributed by atoms with Gasteiger partial charge < -0.3 is 50.6 Å². The molecule has 17 heteroatoms. The molecule has 5 unspecified atom stereocenters. The number of cyclic esters (lactones) is 2. The van der Waals surface area contributed by atoms with Crippen molar-refractivity contribution in [3.8, 4) is 5.75 Å². The zero-order valence-corrected chi connectivity index (χ0v) is 29.6. The van der Waals surface area contributed by atoms with Gasteiger partial charge in [-0.2, -0.15) is 0 Å². The van der Waals surface area contributed by atoms with E-state index in [1.54, 1.807) is 32.8 Å². The van der Waals surface area contributed by atoms with E-state index < -0.39 is 101 Å². The van der Waals surface area contributed by atoms with E-state index in [1.807, 2.05) is 6.92 Å². The first kappa shape index (κ1) is 37.9. The van der Waals surface area contributed by atoms with E-state index in [-0.39, 0.29) is 49.2 Å². The first-order valence-corrected chi connectivity index (χ1v) is 17.1. The number of benzene rings is 1. The number of nitrogens with zero attached hydrogens (tertiary/aromatic N) is 2. The van der Waals surface area contributed by atoms with Crippen LogP contribution in [0.2, 0.25) is 0 Å². The minimum absolute atomic E-state index is 0.0354. The van der Waals surface area contributed by atoms with Gasteiger partial charge in [-0.1, -0.05) is 20.3 Å². The average molecular weight is 729 g/mol. The summed E-state index contributed by atoms with van der Waals surface area (Å²) >= 11 is 0. The molecule has 1 aromatic carbocycles. The van der Waals surface area contributed by atoms with Crippen molar-refractivity contribution in [1.29, 1.82) is 0 Å². The molecule has 3 aliphatic carbocycles. The maximum Gasteiger partial charge on any atom is 0.509 e. The highest BCUT2D eigenvalue weighted by molar-refractivity contribution is 6.23. The molecular weight excluding hydrogens is 684 g/mol. The number of ether oxygens (including phenoxy) is 3. The predicted octanol–water partition coefficient (Wildman–Crippen LogP) is 2.23. The van der Waals surface area contributed by atoms with Gasteiger partial charge in [0.25, 0.3) is 5.91 Å². The highest BCUT2D eigenvalue weighted by Gasteiger charge is 2.63. The van der Waals surface area contributed by atoms with Crippen LogP contribution in [0.1, 0.15) is 57.6 Å². The van der Waals surface area contributed by atoms with Crippen LogP contribution in [0.15, 0.2) is 23.0 Å². The molecule has 1 saturated heterocycles. The number of aliphatic hydroxyl groups is 3. The zero-order valence-electron chi connectivity index (χ0n) is 29.6. The minimum Gasteiger partial charge on any atom is -0.508 e. The quantitative estimate of drug-likeness (QED) is 0.109. The lowest BCUT2D eigenvalue weighted by atomic mass is 9.55. The van der Waals surface area contributed by atoms with Gasteiger partial charge in [0.15, 0.2) is 17.5 Å². The van der Waals surface area contributed by atoms with Gasteiger partial charge in [0.05, 0.1) is 11.3 Å². The number of ketones is 2. The number of aromatic hydroxyl groups is 1. The number of hydrogen-bond acceptors (Lipinski definition) is 14. The lowest BCUT2D eigenvalue weighted by Gasteiger charge is -2.49. The molecule has 0 aromatic heterocycles. The van der Waals surface area contributed by atoms with Gasteiger partial charge in [-0.3, -0.25) is 24.1 Å². The van der Waals surface area contributed by atoms with Crippen molar-refractivity contribution >= 4 is 52.8 Å². The first-order valence-electron chi connectivity index (χ1n) is 17.1. The van der Waals surface area contributed by atoms with E-state index in [0.29, 0.717) is 24.1 Å². The molecule has 5 rings (SSSR count). The number of aliphatic hydroxyl groups excluding tert-OH is 2. The third-order valence-electron chi connectivity index (χ3n) is 10.3. The predicted molar refractivity (Wildman–Crippen MR) is 182 cm³/mol. The molecule has 0 bridgehead atoms. The van der Waals surface area contributed by atoms with Crippen LogP contribution in [-0.4, -0.2) is 113 Å². The van der Waals surface area contributed by atoms with Crippen molar-refractivity contribution in [2.75, 3.05) is 44.0 Å². The number of anilines is 2. The Kier molecular flexibility index (Phi) is 10.5. The third-order valence-corrected chi connectivity index (χ3v) is 10.3. The Morgan fingerprint density at radius 3 is 2.38 bits per heavy atom. The third kappa shape index (κ3) is 6.37. The Bertz CT molecular complexity index is 1790. The minimum atomic E-state index is -2.75. The highest BCUT2D eigenvalue weighted by Crippen LogP contribution is 2.55. The second-order valence-corrected chi connectivity index (χ2v) is 13.7. The molecule has 1 aromatic rings. The summed E-state index contributed by atoms with van der Waals surface area (Å²) < 4.78 is 15.2. The SMILES string of the molecule is CCCCN(CC(=O)Nc1cc(N(C)C)c2c(c1O)C(O)=C1C(=O)[C@]3(O)C(O)=C(C(N)=O)C(=O)C(CC)C3CC1C2)C(=O)OCC1OC(=O)OC1C. The Balaban J connectivity index is 1.47. The second kappa shape index (κ2) is 14.4. The summed E-state index contributed by atoms with van der Waals surface area (Å²) in [5.74, 6) is -9.38. The molecule has 6 atom stereocenters. The molecule has 282 valence electrons. The number of nitrogens with two attached hydrogens (primary N) is 1. The summed E-state index contributed by atoms with van der Waals surface area (Å²) in [6, 6.07) is 1.47. The molecule has 52 heavy (non-hydrogen) atoms. The molecule has 0 radical (unpaired) electrons. The van der Waals surface area contributed by atoms with Gasteiger partial charge in [0, 0.05) is 43.7 Å². The van der Waals surface area contributed by atoms with Crippen LogP contribution in [0.25, 0.3) is 5.76 Å². The fourth-order valence-electron chi connectivity index (χ4n) is 7.63. The van der Waals surface area contributed by atoms with E-state index >= 15 is 0 Å². The fourth-order valence-corrected chi connectivity index (χ4v) is 7.63. The van der Waals surface area contributed by atoms with Crippen molar-refractivity contribution in [2.45, 2.75) is 70.7 Å². The van der Waals surface area contributed by atoms with E-state index in [1.165, 1.54) is 6.07 Å². The average Bonchev–Trinajstić information content (AvgIpc) is 3.40. The summed E-state index contributed by atoms with van der Waals surface area (Å²) in [4.78, 5) is 80.1. The first-order chi connectivity index (χ1) is 24.5. The monoisotopic (exact) mass is 728 g/mol. The largest absolute Gasteiger partial charge is 0.509 e. The zero-order chi connectivity index (χ0) is 38.4. The molecule has 1 heterocycles.